The Hall–Kier alpha value is -1.40. The standard InChI is InChI=1S/C65H127NO5/c1-3-5-7-9-11-13-15-16-17-18-30-33-36-39-43-47-51-55-59-65(70)71-60-56-52-48-44-40-37-34-31-28-26-24-22-20-19-21-23-25-27-29-32-35-38-42-46-50-54-58-64(69)66-62(61-67)63(68)57-53-49-45-41-14-12-10-8-6-4-2/h19,21,62-63,67-68H,3-18,20,22-61H2,1-2H3,(H,66,69)/b21-19-. The highest BCUT2D eigenvalue weighted by Crippen LogP contribution is 2.18. The minimum Gasteiger partial charge on any atom is -0.466 e. The Morgan fingerprint density at radius 1 is 0.380 bits per heavy atom. The van der Waals surface area contributed by atoms with Crippen LogP contribution in [0.5, 0.6) is 0 Å². The molecule has 6 nitrogen and oxygen atoms in total. The number of hydrogen-bond acceptors (Lipinski definition) is 5. The highest BCUT2D eigenvalue weighted by atomic mass is 16.5. The second-order valence-corrected chi connectivity index (χ2v) is 22.5. The van der Waals surface area contributed by atoms with Gasteiger partial charge in [-0.05, 0) is 51.4 Å². The molecule has 0 aliphatic carbocycles. The van der Waals surface area contributed by atoms with Crippen molar-refractivity contribution in [3.05, 3.63) is 12.2 Å². The predicted octanol–water partition coefficient (Wildman–Crippen LogP) is 20.4. The Morgan fingerprint density at radius 2 is 0.662 bits per heavy atom. The molecule has 2 atom stereocenters. The summed E-state index contributed by atoms with van der Waals surface area (Å²) in [5.74, 6) is -0.0175. The number of nitrogens with one attached hydrogen (secondary N) is 1. The topological polar surface area (TPSA) is 95.9 Å². The van der Waals surface area contributed by atoms with Gasteiger partial charge >= 0.3 is 5.97 Å². The Kier molecular flexibility index (Phi) is 59.9. The van der Waals surface area contributed by atoms with Gasteiger partial charge < -0.3 is 20.3 Å². The lowest BCUT2D eigenvalue weighted by Gasteiger charge is -2.22. The first kappa shape index (κ1) is 69.6. The largest absolute Gasteiger partial charge is 0.466 e. The van der Waals surface area contributed by atoms with Gasteiger partial charge in [0.15, 0.2) is 0 Å². The summed E-state index contributed by atoms with van der Waals surface area (Å²) >= 11 is 0. The minimum atomic E-state index is -0.663. The van der Waals surface area contributed by atoms with Crippen LogP contribution < -0.4 is 5.32 Å². The summed E-state index contributed by atoms with van der Waals surface area (Å²) in [5, 5.41) is 23.2. The average molecular weight is 1000 g/mol. The third-order valence-corrected chi connectivity index (χ3v) is 15.3. The monoisotopic (exact) mass is 1000 g/mol. The molecule has 422 valence electrons. The lowest BCUT2D eigenvalue weighted by Crippen LogP contribution is -2.45. The lowest BCUT2D eigenvalue weighted by molar-refractivity contribution is -0.143. The van der Waals surface area contributed by atoms with Gasteiger partial charge in [-0.15, -0.1) is 0 Å². The van der Waals surface area contributed by atoms with Crippen LogP contribution in [0.15, 0.2) is 12.2 Å². The zero-order valence-electron chi connectivity index (χ0n) is 48.2. The Morgan fingerprint density at radius 3 is 1.00 bits per heavy atom. The van der Waals surface area contributed by atoms with E-state index in [2.05, 4.69) is 31.3 Å². The summed E-state index contributed by atoms with van der Waals surface area (Å²) in [6, 6.07) is -0.540. The molecule has 0 fully saturated rings. The van der Waals surface area contributed by atoms with Gasteiger partial charge in [0.2, 0.25) is 5.91 Å². The first-order valence-electron chi connectivity index (χ1n) is 32.4. The number of allylic oxidation sites excluding steroid dienone is 2. The van der Waals surface area contributed by atoms with Gasteiger partial charge in [0.05, 0.1) is 25.4 Å². The predicted molar refractivity (Wildman–Crippen MR) is 310 cm³/mol. The van der Waals surface area contributed by atoms with Gasteiger partial charge in [-0.3, -0.25) is 9.59 Å². The Balaban J connectivity index is 3.33. The number of esters is 1. The van der Waals surface area contributed by atoms with E-state index in [4.69, 9.17) is 4.74 Å². The molecule has 3 N–H and O–H groups in total. The maximum atomic E-state index is 12.4. The molecule has 0 saturated carbocycles. The van der Waals surface area contributed by atoms with Crippen LogP contribution >= 0.6 is 0 Å². The fourth-order valence-electron chi connectivity index (χ4n) is 10.3. The lowest BCUT2D eigenvalue weighted by atomic mass is 10.0. The number of aliphatic hydroxyl groups is 2. The molecule has 6 heteroatoms. The van der Waals surface area contributed by atoms with Crippen molar-refractivity contribution in [2.45, 2.75) is 379 Å². The molecular formula is C65H127NO5. The summed E-state index contributed by atoms with van der Waals surface area (Å²) in [4.78, 5) is 24.5. The second kappa shape index (κ2) is 61.1. The minimum absolute atomic E-state index is 0.0193. The molecule has 0 saturated heterocycles. The molecule has 0 aromatic carbocycles. The SMILES string of the molecule is CCCCCCCCCCCCCCCCCCCCC(=O)OCCCCCCCCCCCCCC/C=C\CCCCCCCCCCCCC(=O)NC(CO)C(O)CCCCCCCCCCCC. The van der Waals surface area contributed by atoms with E-state index in [0.29, 0.717) is 25.9 Å². The Bertz CT molecular complexity index is 1060. The van der Waals surface area contributed by atoms with E-state index in [1.165, 1.54) is 295 Å². The van der Waals surface area contributed by atoms with Crippen molar-refractivity contribution in [2.24, 2.45) is 0 Å². The molecule has 0 rings (SSSR count). The van der Waals surface area contributed by atoms with E-state index < -0.39 is 12.1 Å². The van der Waals surface area contributed by atoms with E-state index >= 15 is 0 Å². The van der Waals surface area contributed by atoms with Gasteiger partial charge in [0.25, 0.3) is 0 Å². The van der Waals surface area contributed by atoms with Crippen molar-refractivity contribution in [3.8, 4) is 0 Å². The van der Waals surface area contributed by atoms with Gasteiger partial charge in [0, 0.05) is 12.8 Å². The summed E-state index contributed by atoms with van der Waals surface area (Å²) < 4.78 is 5.50. The smallest absolute Gasteiger partial charge is 0.305 e. The second-order valence-electron chi connectivity index (χ2n) is 22.5. The van der Waals surface area contributed by atoms with Gasteiger partial charge in [0.1, 0.15) is 0 Å². The first-order chi connectivity index (χ1) is 35.0. The fraction of sp³-hybridized carbons (Fsp3) is 0.938. The average Bonchev–Trinajstić information content (AvgIpc) is 3.37. The number of unbranched alkanes of at least 4 members (excludes halogenated alkanes) is 48. The van der Waals surface area contributed by atoms with Crippen molar-refractivity contribution >= 4 is 11.9 Å². The van der Waals surface area contributed by atoms with Crippen LogP contribution in [0.3, 0.4) is 0 Å². The van der Waals surface area contributed by atoms with E-state index in [0.717, 1.165) is 38.5 Å². The van der Waals surface area contributed by atoms with Crippen molar-refractivity contribution in [2.75, 3.05) is 13.2 Å². The number of carbonyl (C=O) groups is 2. The van der Waals surface area contributed by atoms with Crippen LogP contribution in [0.1, 0.15) is 367 Å². The molecule has 0 spiro atoms. The fourth-order valence-corrected chi connectivity index (χ4v) is 10.3. The number of rotatable bonds is 61. The van der Waals surface area contributed by atoms with Crippen LogP contribution in [0.2, 0.25) is 0 Å². The van der Waals surface area contributed by atoms with Crippen molar-refractivity contribution in [1.29, 1.82) is 0 Å². The zero-order chi connectivity index (χ0) is 51.4. The molecule has 0 aliphatic rings. The highest BCUT2D eigenvalue weighted by Gasteiger charge is 2.20. The molecule has 0 radical (unpaired) electrons. The first-order valence-corrected chi connectivity index (χ1v) is 32.4. The van der Waals surface area contributed by atoms with E-state index in [1.54, 1.807) is 0 Å². The summed E-state index contributed by atoms with van der Waals surface area (Å²) in [6.45, 7) is 4.97. The molecule has 0 bridgehead atoms. The number of ether oxygens (including phenoxy) is 1. The van der Waals surface area contributed by atoms with Gasteiger partial charge in [-0.1, -0.05) is 315 Å². The van der Waals surface area contributed by atoms with Crippen molar-refractivity contribution < 1.29 is 24.5 Å². The number of aliphatic hydroxyl groups excluding tert-OH is 2. The van der Waals surface area contributed by atoms with Crippen LogP contribution in [0.25, 0.3) is 0 Å². The molecule has 71 heavy (non-hydrogen) atoms. The third kappa shape index (κ3) is 57.7. The van der Waals surface area contributed by atoms with Crippen LogP contribution in [0.4, 0.5) is 0 Å². The molecule has 0 heterocycles. The van der Waals surface area contributed by atoms with Crippen molar-refractivity contribution in [3.63, 3.8) is 0 Å². The normalized spacial score (nSPS) is 12.6. The molecule has 0 aromatic rings. The quantitative estimate of drug-likeness (QED) is 0.0320. The van der Waals surface area contributed by atoms with E-state index in [9.17, 15) is 19.8 Å². The van der Waals surface area contributed by atoms with Gasteiger partial charge in [-0.2, -0.15) is 0 Å². The third-order valence-electron chi connectivity index (χ3n) is 15.3. The summed E-state index contributed by atoms with van der Waals surface area (Å²) in [7, 11) is 0. The van der Waals surface area contributed by atoms with E-state index in [-0.39, 0.29) is 18.5 Å². The summed E-state index contributed by atoms with van der Waals surface area (Å²) in [5.41, 5.74) is 0. The van der Waals surface area contributed by atoms with Crippen molar-refractivity contribution in [1.82, 2.24) is 5.32 Å². The van der Waals surface area contributed by atoms with E-state index in [1.807, 2.05) is 0 Å². The summed E-state index contributed by atoms with van der Waals surface area (Å²) in [6.07, 6.45) is 73.9. The molecular weight excluding hydrogens is 875 g/mol. The number of carbonyl (C=O) groups excluding carboxylic acids is 2. The van der Waals surface area contributed by atoms with Crippen LogP contribution in [-0.4, -0.2) is 47.4 Å². The maximum Gasteiger partial charge on any atom is 0.305 e. The number of amides is 1. The number of hydrogen-bond donors (Lipinski definition) is 3. The van der Waals surface area contributed by atoms with Crippen LogP contribution in [0, 0.1) is 0 Å². The molecule has 0 aromatic heterocycles. The molecule has 1 amide bonds. The zero-order valence-corrected chi connectivity index (χ0v) is 48.2. The highest BCUT2D eigenvalue weighted by molar-refractivity contribution is 5.76. The molecule has 2 unspecified atom stereocenters. The molecule has 0 aliphatic heterocycles. The van der Waals surface area contributed by atoms with Gasteiger partial charge in [-0.25, -0.2) is 0 Å². The Labute approximate surface area is 444 Å². The van der Waals surface area contributed by atoms with Crippen LogP contribution in [-0.2, 0) is 14.3 Å². The maximum absolute atomic E-state index is 12.4.